The molecule has 1 aliphatic carbocycles. The monoisotopic (exact) mass is 268 g/mol. The number of rotatable bonds is 3. The Morgan fingerprint density at radius 3 is 2.74 bits per heavy atom. The molecule has 1 aromatic heterocycles. The molecule has 0 aliphatic heterocycles. The van der Waals surface area contributed by atoms with Gasteiger partial charge in [0.05, 0.1) is 0 Å². The molecule has 0 bridgehead atoms. The van der Waals surface area contributed by atoms with Gasteiger partial charge in [0.2, 0.25) is 0 Å². The number of nitrogens with zero attached hydrogens (tertiary/aromatic N) is 1. The fraction of sp³-hybridized carbons (Fsp3) is 0.188. The summed E-state index contributed by atoms with van der Waals surface area (Å²) in [7, 11) is 1.96. The van der Waals surface area contributed by atoms with Gasteiger partial charge >= 0.3 is 0 Å². The number of aromatic nitrogens is 1. The van der Waals surface area contributed by atoms with Gasteiger partial charge in [-0.15, -0.1) is 0 Å². The van der Waals surface area contributed by atoms with E-state index in [-0.39, 0.29) is 0 Å². The van der Waals surface area contributed by atoms with Crippen molar-refractivity contribution in [3.8, 4) is 10.6 Å². The molecule has 2 aromatic rings. The first-order valence-electron chi connectivity index (χ1n) is 6.48. The van der Waals surface area contributed by atoms with E-state index in [1.54, 1.807) is 11.3 Å². The van der Waals surface area contributed by atoms with Crippen molar-refractivity contribution < 1.29 is 0 Å². The molecule has 0 fully saturated rings. The molecule has 0 radical (unpaired) electrons. The molecule has 1 aromatic carbocycles. The molecule has 2 nitrogen and oxygen atoms in total. The molecular weight excluding hydrogens is 252 g/mol. The van der Waals surface area contributed by atoms with Crippen LogP contribution in [0.5, 0.6) is 0 Å². The molecule has 1 N–H and O–H groups in total. The van der Waals surface area contributed by atoms with Crippen LogP contribution >= 0.6 is 11.3 Å². The van der Waals surface area contributed by atoms with E-state index in [4.69, 9.17) is 4.98 Å². The third-order valence-corrected chi connectivity index (χ3v) is 4.31. The van der Waals surface area contributed by atoms with Crippen LogP contribution in [0.3, 0.4) is 0 Å². The van der Waals surface area contributed by atoms with Crippen LogP contribution < -0.4 is 5.32 Å². The van der Waals surface area contributed by atoms with Crippen LogP contribution in [-0.4, -0.2) is 12.0 Å². The summed E-state index contributed by atoms with van der Waals surface area (Å²) in [5.74, 6) is 0. The van der Waals surface area contributed by atoms with Crippen LogP contribution in [0.25, 0.3) is 16.1 Å². The smallest absolute Gasteiger partial charge is 0.126 e. The molecule has 1 heterocycles. The number of nitrogens with one attached hydrogen (secondary N) is 1. The molecule has 0 saturated carbocycles. The average molecular weight is 268 g/mol. The molecule has 3 rings (SSSR count). The summed E-state index contributed by atoms with van der Waals surface area (Å²) < 4.78 is 0. The summed E-state index contributed by atoms with van der Waals surface area (Å²) >= 11 is 1.72. The van der Waals surface area contributed by atoms with Gasteiger partial charge in [0, 0.05) is 12.6 Å². The number of thiazole rings is 1. The zero-order valence-electron chi connectivity index (χ0n) is 10.9. The molecule has 19 heavy (non-hydrogen) atoms. The topological polar surface area (TPSA) is 24.9 Å². The zero-order chi connectivity index (χ0) is 13.1. The molecule has 0 saturated heterocycles. The zero-order valence-corrected chi connectivity index (χ0v) is 11.7. The molecule has 0 amide bonds. The van der Waals surface area contributed by atoms with Crippen LogP contribution in [0.1, 0.15) is 18.5 Å². The van der Waals surface area contributed by atoms with Crippen LogP contribution in [0.2, 0.25) is 0 Å². The van der Waals surface area contributed by atoms with Crippen LogP contribution in [0, 0.1) is 0 Å². The van der Waals surface area contributed by atoms with E-state index in [0.717, 1.165) is 28.5 Å². The Kier molecular flexibility index (Phi) is 3.47. The molecule has 0 atom stereocenters. The summed E-state index contributed by atoms with van der Waals surface area (Å²) in [5, 5.41) is 5.51. The highest BCUT2D eigenvalue weighted by Gasteiger charge is 2.15. The maximum absolute atomic E-state index is 4.83. The maximum Gasteiger partial charge on any atom is 0.126 e. The summed E-state index contributed by atoms with van der Waals surface area (Å²) in [4.78, 5) is 4.83. The van der Waals surface area contributed by atoms with Gasteiger partial charge in [0.25, 0.3) is 0 Å². The van der Waals surface area contributed by atoms with Crippen molar-refractivity contribution in [3.63, 3.8) is 0 Å². The SMILES string of the molecule is CNc1sc(-c2ccccc2)nc1C1=CC=CCC1. The van der Waals surface area contributed by atoms with Crippen molar-refractivity contribution in [1.82, 2.24) is 4.98 Å². The number of hydrogen-bond donors (Lipinski definition) is 1. The highest BCUT2D eigenvalue weighted by molar-refractivity contribution is 7.19. The van der Waals surface area contributed by atoms with Gasteiger partial charge < -0.3 is 5.32 Å². The van der Waals surface area contributed by atoms with Gasteiger partial charge in [0.15, 0.2) is 0 Å². The third kappa shape index (κ3) is 2.47. The Morgan fingerprint density at radius 2 is 2.05 bits per heavy atom. The van der Waals surface area contributed by atoms with Gasteiger partial charge in [-0.05, 0) is 18.4 Å². The first-order chi connectivity index (χ1) is 9.38. The Balaban J connectivity index is 2.04. The van der Waals surface area contributed by atoms with Crippen molar-refractivity contribution in [1.29, 1.82) is 0 Å². The Bertz CT molecular complexity index is 623. The minimum atomic E-state index is 1.07. The third-order valence-electron chi connectivity index (χ3n) is 3.19. The minimum absolute atomic E-state index is 1.07. The van der Waals surface area contributed by atoms with Gasteiger partial charge in [-0.1, -0.05) is 59.9 Å². The lowest BCUT2D eigenvalue weighted by Crippen LogP contribution is -1.94. The van der Waals surface area contributed by atoms with Gasteiger partial charge in [-0.25, -0.2) is 4.98 Å². The first kappa shape index (κ1) is 12.2. The number of anilines is 1. The lowest BCUT2D eigenvalue weighted by molar-refractivity contribution is 1.04. The van der Waals surface area contributed by atoms with Crippen molar-refractivity contribution in [3.05, 3.63) is 54.3 Å². The van der Waals surface area contributed by atoms with Crippen molar-refractivity contribution in [2.24, 2.45) is 0 Å². The minimum Gasteiger partial charge on any atom is -0.378 e. The second-order valence-corrected chi connectivity index (χ2v) is 5.47. The van der Waals surface area contributed by atoms with Crippen LogP contribution in [-0.2, 0) is 0 Å². The van der Waals surface area contributed by atoms with Crippen molar-refractivity contribution in [2.75, 3.05) is 12.4 Å². The van der Waals surface area contributed by atoms with E-state index in [9.17, 15) is 0 Å². The Hall–Kier alpha value is -1.87. The molecular formula is C16H16N2S. The predicted molar refractivity (Wildman–Crippen MR) is 83.4 cm³/mol. The van der Waals surface area contributed by atoms with E-state index < -0.39 is 0 Å². The van der Waals surface area contributed by atoms with E-state index in [1.807, 2.05) is 13.1 Å². The first-order valence-corrected chi connectivity index (χ1v) is 7.30. The fourth-order valence-corrected chi connectivity index (χ4v) is 3.17. The quantitative estimate of drug-likeness (QED) is 0.881. The standard InChI is InChI=1S/C16H16N2S/c1-17-16-14(12-8-4-2-5-9-12)18-15(19-16)13-10-6-3-7-11-13/h2-4,6-8,10-11,17H,5,9H2,1H3. The van der Waals surface area contributed by atoms with Crippen molar-refractivity contribution >= 4 is 21.9 Å². The summed E-state index contributed by atoms with van der Waals surface area (Å²) in [6, 6.07) is 10.4. The number of benzene rings is 1. The van der Waals surface area contributed by atoms with Crippen LogP contribution in [0.15, 0.2) is 48.6 Å². The average Bonchev–Trinajstić information content (AvgIpc) is 2.93. The van der Waals surface area contributed by atoms with Gasteiger partial charge in [0.1, 0.15) is 15.7 Å². The normalized spacial score (nSPS) is 14.3. The van der Waals surface area contributed by atoms with Crippen LogP contribution in [0.4, 0.5) is 5.00 Å². The lowest BCUT2D eigenvalue weighted by Gasteiger charge is -2.07. The summed E-state index contributed by atoms with van der Waals surface area (Å²) in [6.07, 6.45) is 8.68. The summed E-state index contributed by atoms with van der Waals surface area (Å²) in [5.41, 5.74) is 3.61. The van der Waals surface area contributed by atoms with Crippen molar-refractivity contribution in [2.45, 2.75) is 12.8 Å². The number of hydrogen-bond acceptors (Lipinski definition) is 3. The molecule has 3 heteroatoms. The van der Waals surface area contributed by atoms with Gasteiger partial charge in [-0.3, -0.25) is 0 Å². The second kappa shape index (κ2) is 5.41. The molecule has 96 valence electrons. The lowest BCUT2D eigenvalue weighted by atomic mass is 10.0. The molecule has 0 spiro atoms. The Morgan fingerprint density at radius 1 is 1.21 bits per heavy atom. The summed E-state index contributed by atoms with van der Waals surface area (Å²) in [6.45, 7) is 0. The van der Waals surface area contributed by atoms with E-state index >= 15 is 0 Å². The van der Waals surface area contributed by atoms with Gasteiger partial charge in [-0.2, -0.15) is 0 Å². The fourth-order valence-electron chi connectivity index (χ4n) is 2.21. The molecule has 0 unspecified atom stereocenters. The van der Waals surface area contributed by atoms with E-state index in [0.29, 0.717) is 0 Å². The van der Waals surface area contributed by atoms with E-state index in [2.05, 4.69) is 47.8 Å². The number of allylic oxidation sites excluding steroid dienone is 4. The van der Waals surface area contributed by atoms with E-state index in [1.165, 1.54) is 11.1 Å². The molecule has 1 aliphatic rings. The highest BCUT2D eigenvalue weighted by Crippen LogP contribution is 2.37. The largest absolute Gasteiger partial charge is 0.378 e. The maximum atomic E-state index is 4.83. The Labute approximate surface area is 117 Å². The predicted octanol–water partition coefficient (Wildman–Crippen LogP) is 4.59. The highest BCUT2D eigenvalue weighted by atomic mass is 32.1. The second-order valence-electron chi connectivity index (χ2n) is 4.47.